The molecule has 2 aromatic rings. The topological polar surface area (TPSA) is 88.9 Å². The van der Waals surface area contributed by atoms with E-state index < -0.39 is 0 Å². The lowest BCUT2D eigenvalue weighted by Gasteiger charge is -2.11. The van der Waals surface area contributed by atoms with Crippen molar-refractivity contribution in [2.24, 2.45) is 7.05 Å². The van der Waals surface area contributed by atoms with Crippen LogP contribution in [0.15, 0.2) is 29.4 Å². The van der Waals surface area contributed by atoms with E-state index in [2.05, 4.69) is 20.8 Å². The number of aromatic nitrogens is 3. The van der Waals surface area contributed by atoms with Crippen LogP contribution in [-0.2, 0) is 18.4 Å². The maximum Gasteiger partial charge on any atom is 0.251 e. The van der Waals surface area contributed by atoms with Crippen molar-refractivity contribution < 1.29 is 9.59 Å². The molecule has 27 heavy (non-hydrogen) atoms. The van der Waals surface area contributed by atoms with E-state index in [1.807, 2.05) is 36.7 Å². The maximum atomic E-state index is 12.3. The predicted octanol–water partition coefficient (Wildman–Crippen LogP) is 2.20. The van der Waals surface area contributed by atoms with E-state index in [0.717, 1.165) is 18.4 Å². The van der Waals surface area contributed by atoms with Crippen molar-refractivity contribution >= 4 is 23.6 Å². The molecule has 0 bridgehead atoms. The monoisotopic (exact) mass is 387 g/mol. The Morgan fingerprint density at radius 1 is 1.22 bits per heavy atom. The molecule has 7 nitrogen and oxygen atoms in total. The molecular weight excluding hydrogens is 362 g/mol. The average Bonchev–Trinajstić information content (AvgIpc) is 3.28. The second-order valence-electron chi connectivity index (χ2n) is 6.79. The average molecular weight is 388 g/mol. The van der Waals surface area contributed by atoms with Gasteiger partial charge < -0.3 is 15.2 Å². The number of rotatable bonds is 7. The fourth-order valence-corrected chi connectivity index (χ4v) is 3.92. The largest absolute Gasteiger partial charge is 0.353 e. The quantitative estimate of drug-likeness (QED) is 0.711. The van der Waals surface area contributed by atoms with Gasteiger partial charge in [-0.1, -0.05) is 42.8 Å². The molecule has 2 amide bonds. The van der Waals surface area contributed by atoms with E-state index in [1.54, 1.807) is 6.07 Å². The van der Waals surface area contributed by atoms with Crippen LogP contribution < -0.4 is 10.6 Å². The SMILES string of the molecule is Cc1ccccc1C(=O)NCc1nnc(SCC(=O)NC2CCCC2)n1C. The predicted molar refractivity (Wildman–Crippen MR) is 104 cm³/mol. The fraction of sp³-hybridized carbons (Fsp3) is 0.474. The van der Waals surface area contributed by atoms with Crippen molar-refractivity contribution in [3.05, 3.63) is 41.2 Å². The number of nitrogens with zero attached hydrogens (tertiary/aromatic N) is 3. The van der Waals surface area contributed by atoms with Crippen molar-refractivity contribution in [3.8, 4) is 0 Å². The van der Waals surface area contributed by atoms with E-state index in [1.165, 1.54) is 24.6 Å². The van der Waals surface area contributed by atoms with Gasteiger partial charge in [-0.25, -0.2) is 0 Å². The van der Waals surface area contributed by atoms with Crippen LogP contribution in [0, 0.1) is 6.92 Å². The van der Waals surface area contributed by atoms with Crippen LogP contribution in [0.25, 0.3) is 0 Å². The number of thioether (sulfide) groups is 1. The normalized spacial score (nSPS) is 14.3. The lowest BCUT2D eigenvalue weighted by Crippen LogP contribution is -2.33. The van der Waals surface area contributed by atoms with Gasteiger partial charge >= 0.3 is 0 Å². The molecule has 1 aliphatic rings. The highest BCUT2D eigenvalue weighted by atomic mass is 32.2. The lowest BCUT2D eigenvalue weighted by atomic mass is 10.1. The van der Waals surface area contributed by atoms with Gasteiger partial charge in [-0.05, 0) is 31.4 Å². The standard InChI is InChI=1S/C19H25N5O2S/c1-13-7-3-6-10-15(13)18(26)20-11-16-22-23-19(24(16)2)27-12-17(25)21-14-8-4-5-9-14/h3,6-7,10,14H,4-5,8-9,11-12H2,1-2H3,(H,20,26)(H,21,25). The first-order valence-corrected chi connectivity index (χ1v) is 10.2. The Morgan fingerprint density at radius 3 is 2.70 bits per heavy atom. The molecule has 0 atom stereocenters. The molecule has 3 rings (SSSR count). The smallest absolute Gasteiger partial charge is 0.251 e. The van der Waals surface area contributed by atoms with Gasteiger partial charge in [0.15, 0.2) is 11.0 Å². The second-order valence-corrected chi connectivity index (χ2v) is 7.74. The summed E-state index contributed by atoms with van der Waals surface area (Å²) in [7, 11) is 1.84. The number of carbonyl (C=O) groups excluding carboxylic acids is 2. The molecule has 0 unspecified atom stereocenters. The molecule has 2 N–H and O–H groups in total. The number of hydrogen-bond donors (Lipinski definition) is 2. The molecule has 1 aromatic carbocycles. The number of amides is 2. The highest BCUT2D eigenvalue weighted by molar-refractivity contribution is 7.99. The molecule has 1 heterocycles. The van der Waals surface area contributed by atoms with Crippen LogP contribution in [0.5, 0.6) is 0 Å². The van der Waals surface area contributed by atoms with E-state index in [9.17, 15) is 9.59 Å². The van der Waals surface area contributed by atoms with Gasteiger partial charge in [-0.2, -0.15) is 0 Å². The highest BCUT2D eigenvalue weighted by Crippen LogP contribution is 2.19. The second kappa shape index (κ2) is 9.03. The fourth-order valence-electron chi connectivity index (χ4n) is 3.18. The summed E-state index contributed by atoms with van der Waals surface area (Å²) in [6.45, 7) is 2.19. The number of hydrogen-bond acceptors (Lipinski definition) is 5. The van der Waals surface area contributed by atoms with Crippen LogP contribution in [0.3, 0.4) is 0 Å². The number of aryl methyl sites for hydroxylation is 1. The molecule has 1 fully saturated rings. The number of benzene rings is 1. The van der Waals surface area contributed by atoms with Crippen molar-refractivity contribution in [1.82, 2.24) is 25.4 Å². The third-order valence-electron chi connectivity index (χ3n) is 4.77. The summed E-state index contributed by atoms with van der Waals surface area (Å²) in [5.74, 6) is 0.860. The Morgan fingerprint density at radius 2 is 1.96 bits per heavy atom. The van der Waals surface area contributed by atoms with E-state index in [0.29, 0.717) is 28.3 Å². The summed E-state index contributed by atoms with van der Waals surface area (Å²) in [6, 6.07) is 7.77. The van der Waals surface area contributed by atoms with Crippen LogP contribution >= 0.6 is 11.8 Å². The summed E-state index contributed by atoms with van der Waals surface area (Å²) < 4.78 is 1.81. The summed E-state index contributed by atoms with van der Waals surface area (Å²) in [5.41, 5.74) is 1.58. The Balaban J connectivity index is 1.50. The Bertz CT molecular complexity index is 814. The lowest BCUT2D eigenvalue weighted by molar-refractivity contribution is -0.119. The molecule has 8 heteroatoms. The molecule has 1 aromatic heterocycles. The first kappa shape index (κ1) is 19.4. The highest BCUT2D eigenvalue weighted by Gasteiger charge is 2.18. The third kappa shape index (κ3) is 5.09. The van der Waals surface area contributed by atoms with Crippen LogP contribution in [0.4, 0.5) is 0 Å². The van der Waals surface area contributed by atoms with Gasteiger partial charge in [0.1, 0.15) is 0 Å². The van der Waals surface area contributed by atoms with Crippen LogP contribution in [0.1, 0.15) is 47.4 Å². The van der Waals surface area contributed by atoms with Crippen molar-refractivity contribution in [1.29, 1.82) is 0 Å². The Hall–Kier alpha value is -2.35. The molecule has 0 radical (unpaired) electrons. The summed E-state index contributed by atoms with van der Waals surface area (Å²) >= 11 is 1.36. The molecule has 0 spiro atoms. The molecule has 1 aliphatic carbocycles. The first-order chi connectivity index (χ1) is 13.0. The Kier molecular flexibility index (Phi) is 6.49. The van der Waals surface area contributed by atoms with Crippen molar-refractivity contribution in [3.63, 3.8) is 0 Å². The van der Waals surface area contributed by atoms with Gasteiger partial charge in [-0.3, -0.25) is 9.59 Å². The maximum absolute atomic E-state index is 12.3. The van der Waals surface area contributed by atoms with Crippen LogP contribution in [-0.4, -0.2) is 38.4 Å². The van der Waals surface area contributed by atoms with Gasteiger partial charge in [0.25, 0.3) is 5.91 Å². The molecule has 1 saturated carbocycles. The molecular formula is C19H25N5O2S. The van der Waals surface area contributed by atoms with Crippen molar-refractivity contribution in [2.45, 2.75) is 50.4 Å². The minimum atomic E-state index is -0.138. The van der Waals surface area contributed by atoms with Gasteiger partial charge in [0, 0.05) is 18.7 Å². The van der Waals surface area contributed by atoms with Gasteiger partial charge in [0.05, 0.1) is 12.3 Å². The first-order valence-electron chi connectivity index (χ1n) is 9.19. The zero-order valence-electron chi connectivity index (χ0n) is 15.7. The third-order valence-corrected chi connectivity index (χ3v) is 5.79. The van der Waals surface area contributed by atoms with E-state index in [4.69, 9.17) is 0 Å². The van der Waals surface area contributed by atoms with Gasteiger partial charge in [0.2, 0.25) is 5.91 Å². The van der Waals surface area contributed by atoms with E-state index >= 15 is 0 Å². The van der Waals surface area contributed by atoms with Crippen molar-refractivity contribution in [2.75, 3.05) is 5.75 Å². The summed E-state index contributed by atoms with van der Waals surface area (Å²) in [6.07, 6.45) is 4.54. The Labute approximate surface area is 163 Å². The number of nitrogens with one attached hydrogen (secondary N) is 2. The minimum absolute atomic E-state index is 0.0318. The minimum Gasteiger partial charge on any atom is -0.353 e. The van der Waals surface area contributed by atoms with Gasteiger partial charge in [-0.15, -0.1) is 10.2 Å². The molecule has 144 valence electrons. The van der Waals surface area contributed by atoms with Crippen LogP contribution in [0.2, 0.25) is 0 Å². The molecule has 0 saturated heterocycles. The summed E-state index contributed by atoms with van der Waals surface area (Å²) in [4.78, 5) is 24.4. The zero-order valence-corrected chi connectivity index (χ0v) is 16.5. The molecule has 0 aliphatic heterocycles. The number of carbonyl (C=O) groups is 2. The zero-order chi connectivity index (χ0) is 19.2. The summed E-state index contributed by atoms with van der Waals surface area (Å²) in [5, 5.41) is 14.9. The van der Waals surface area contributed by atoms with E-state index in [-0.39, 0.29) is 18.4 Å².